The van der Waals surface area contributed by atoms with Crippen molar-refractivity contribution in [2.24, 2.45) is 0 Å². The van der Waals surface area contributed by atoms with Gasteiger partial charge in [-0.05, 0) is 23.9 Å². The highest BCUT2D eigenvalue weighted by atomic mass is 32.2. The Hall–Kier alpha value is -1.82. The van der Waals surface area contributed by atoms with Crippen LogP contribution in [0.1, 0.15) is 27.9 Å². The van der Waals surface area contributed by atoms with Crippen LogP contribution in [0.4, 0.5) is 22.0 Å². The summed E-state index contributed by atoms with van der Waals surface area (Å²) < 4.78 is 66.7. The Morgan fingerprint density at radius 3 is 2.40 bits per heavy atom. The van der Waals surface area contributed by atoms with Gasteiger partial charge < -0.3 is 4.74 Å². The molecule has 0 unspecified atom stereocenters. The van der Waals surface area contributed by atoms with Crippen LogP contribution in [-0.4, -0.2) is 18.6 Å². The molecule has 20 heavy (non-hydrogen) atoms. The maximum atomic E-state index is 12.6. The summed E-state index contributed by atoms with van der Waals surface area (Å²) in [5, 5.41) is 8.77. The highest BCUT2D eigenvalue weighted by Gasteiger charge is 2.34. The number of alkyl halides is 5. The molecule has 0 N–H and O–H groups in total. The van der Waals surface area contributed by atoms with Crippen LogP contribution in [0.3, 0.4) is 0 Å². The second-order valence-corrected chi connectivity index (χ2v) is 4.47. The molecule has 0 saturated carbocycles. The summed E-state index contributed by atoms with van der Waals surface area (Å²) in [4.78, 5) is 10.7. The van der Waals surface area contributed by atoms with Gasteiger partial charge in [0, 0.05) is 10.5 Å². The van der Waals surface area contributed by atoms with Crippen LogP contribution in [0.5, 0.6) is 0 Å². The topological polar surface area (TPSA) is 50.1 Å². The van der Waals surface area contributed by atoms with Crippen molar-refractivity contribution in [1.82, 2.24) is 0 Å². The maximum Gasteiger partial charge on any atom is 0.446 e. The quantitative estimate of drug-likeness (QED) is 0.483. The van der Waals surface area contributed by atoms with Crippen molar-refractivity contribution in [3.8, 4) is 6.07 Å². The molecule has 0 radical (unpaired) electrons. The Bertz CT molecular complexity index is 565. The first kappa shape index (κ1) is 16.2. The Labute approximate surface area is 114 Å². The first-order valence-electron chi connectivity index (χ1n) is 4.90. The summed E-state index contributed by atoms with van der Waals surface area (Å²) in [5.74, 6) is -1.23. The molecule has 3 nitrogen and oxygen atoms in total. The van der Waals surface area contributed by atoms with Gasteiger partial charge in [0.1, 0.15) is 6.07 Å². The van der Waals surface area contributed by atoms with Crippen LogP contribution in [0.25, 0.3) is 0 Å². The van der Waals surface area contributed by atoms with E-state index in [0.717, 1.165) is 7.11 Å². The maximum absolute atomic E-state index is 12.6. The number of hydrogen-bond donors (Lipinski definition) is 0. The summed E-state index contributed by atoms with van der Waals surface area (Å²) in [6.45, 7) is 0. The molecule has 0 atom stereocenters. The van der Waals surface area contributed by atoms with Crippen molar-refractivity contribution >= 4 is 17.7 Å². The number of esters is 1. The lowest BCUT2D eigenvalue weighted by molar-refractivity contribution is -0.0328. The van der Waals surface area contributed by atoms with E-state index in [1.165, 1.54) is 6.07 Å². The van der Waals surface area contributed by atoms with Gasteiger partial charge in [0.05, 0.1) is 18.2 Å². The Balaban J connectivity index is 3.53. The van der Waals surface area contributed by atoms with Gasteiger partial charge >= 0.3 is 11.5 Å². The third kappa shape index (κ3) is 3.84. The van der Waals surface area contributed by atoms with Crippen LogP contribution >= 0.6 is 11.8 Å². The highest BCUT2D eigenvalue weighted by Crippen LogP contribution is 2.41. The second kappa shape index (κ2) is 6.09. The summed E-state index contributed by atoms with van der Waals surface area (Å²) in [6.07, 6.45) is -3.03. The fraction of sp³-hybridized carbons (Fsp3) is 0.273. The Kier molecular flexibility index (Phi) is 4.94. The minimum atomic E-state index is -4.78. The van der Waals surface area contributed by atoms with Gasteiger partial charge in [-0.1, -0.05) is 0 Å². The summed E-state index contributed by atoms with van der Waals surface area (Å²) >= 11 is -0.726. The third-order valence-electron chi connectivity index (χ3n) is 2.11. The average Bonchev–Trinajstić information content (AvgIpc) is 2.35. The lowest BCUT2D eigenvalue weighted by atomic mass is 10.1. The molecule has 0 fully saturated rings. The van der Waals surface area contributed by atoms with Crippen molar-refractivity contribution in [2.75, 3.05) is 7.11 Å². The molecule has 0 aliphatic heterocycles. The predicted octanol–water partition coefficient (Wildman–Crippen LogP) is 3.89. The highest BCUT2D eigenvalue weighted by molar-refractivity contribution is 8.00. The molecule has 0 heterocycles. The van der Waals surface area contributed by atoms with Gasteiger partial charge in [0.15, 0.2) is 0 Å². The molecule has 0 aromatic heterocycles. The number of ether oxygens (including phenoxy) is 1. The Morgan fingerprint density at radius 2 is 2.00 bits per heavy atom. The molecular weight excluding hydrogens is 305 g/mol. The van der Waals surface area contributed by atoms with Gasteiger partial charge in [-0.25, -0.2) is 13.6 Å². The van der Waals surface area contributed by atoms with E-state index in [4.69, 9.17) is 5.26 Å². The Morgan fingerprint density at radius 1 is 1.40 bits per heavy atom. The van der Waals surface area contributed by atoms with Gasteiger partial charge in [-0.15, -0.1) is 0 Å². The molecule has 9 heteroatoms. The van der Waals surface area contributed by atoms with Crippen LogP contribution < -0.4 is 0 Å². The SMILES string of the molecule is COC(=O)c1cc(C(F)F)cc(C#N)c1SC(F)(F)F. The molecule has 1 aromatic carbocycles. The van der Waals surface area contributed by atoms with Crippen molar-refractivity contribution < 1.29 is 31.5 Å². The smallest absolute Gasteiger partial charge is 0.446 e. The molecule has 0 aliphatic carbocycles. The van der Waals surface area contributed by atoms with E-state index in [1.54, 1.807) is 0 Å². The number of carbonyl (C=O) groups excluding carboxylic acids is 1. The number of rotatable bonds is 3. The standard InChI is InChI=1S/C11H6F5NO2S/c1-19-10(18)7-3-5(9(12)13)2-6(4-17)8(7)20-11(14,15)16/h2-3,9H,1H3. The van der Waals surface area contributed by atoms with E-state index in [1.807, 2.05) is 0 Å². The van der Waals surface area contributed by atoms with E-state index >= 15 is 0 Å². The van der Waals surface area contributed by atoms with Crippen molar-refractivity contribution in [1.29, 1.82) is 5.26 Å². The lowest BCUT2D eigenvalue weighted by Crippen LogP contribution is -2.09. The second-order valence-electron chi connectivity index (χ2n) is 3.40. The first-order valence-corrected chi connectivity index (χ1v) is 5.71. The van der Waals surface area contributed by atoms with E-state index in [2.05, 4.69) is 4.74 Å². The van der Waals surface area contributed by atoms with Crippen LogP contribution in [0.15, 0.2) is 17.0 Å². The fourth-order valence-corrected chi connectivity index (χ4v) is 2.05. The van der Waals surface area contributed by atoms with Gasteiger partial charge in [0.2, 0.25) is 0 Å². The molecule has 0 spiro atoms. The van der Waals surface area contributed by atoms with Gasteiger partial charge in [-0.2, -0.15) is 18.4 Å². The summed E-state index contributed by atoms with van der Waals surface area (Å²) in [5.41, 5.74) is -6.89. The number of nitrogens with zero attached hydrogens (tertiary/aromatic N) is 1. The first-order chi connectivity index (χ1) is 9.19. The predicted molar refractivity (Wildman–Crippen MR) is 59.4 cm³/mol. The van der Waals surface area contributed by atoms with Gasteiger partial charge in [0.25, 0.3) is 6.43 Å². The average molecular weight is 311 g/mol. The minimum absolute atomic E-state index is 0.589. The molecule has 0 saturated heterocycles. The zero-order chi connectivity index (χ0) is 15.5. The molecule has 1 aromatic rings. The summed E-state index contributed by atoms with van der Waals surface area (Å²) in [6, 6.07) is 2.58. The summed E-state index contributed by atoms with van der Waals surface area (Å²) in [7, 11) is 0.894. The van der Waals surface area contributed by atoms with Gasteiger partial charge in [-0.3, -0.25) is 0 Å². The van der Waals surface area contributed by atoms with Crippen LogP contribution in [0, 0.1) is 11.3 Å². The molecular formula is C11H6F5NO2S. The number of methoxy groups -OCH3 is 1. The molecule has 0 aliphatic rings. The molecule has 1 rings (SSSR count). The molecule has 108 valence electrons. The van der Waals surface area contributed by atoms with E-state index in [0.29, 0.717) is 12.1 Å². The van der Waals surface area contributed by atoms with E-state index in [9.17, 15) is 26.7 Å². The molecule has 0 amide bonds. The lowest BCUT2D eigenvalue weighted by Gasteiger charge is -2.13. The monoisotopic (exact) mass is 311 g/mol. The zero-order valence-electron chi connectivity index (χ0n) is 9.79. The zero-order valence-corrected chi connectivity index (χ0v) is 10.6. The largest absolute Gasteiger partial charge is 0.465 e. The fourth-order valence-electron chi connectivity index (χ4n) is 1.35. The van der Waals surface area contributed by atoms with Crippen LogP contribution in [0.2, 0.25) is 0 Å². The number of hydrogen-bond acceptors (Lipinski definition) is 4. The number of carbonyl (C=O) groups is 1. The van der Waals surface area contributed by atoms with E-state index < -0.39 is 51.3 Å². The minimum Gasteiger partial charge on any atom is -0.465 e. The number of nitriles is 1. The number of benzene rings is 1. The normalized spacial score (nSPS) is 11.3. The van der Waals surface area contributed by atoms with Crippen molar-refractivity contribution in [3.05, 3.63) is 28.8 Å². The molecule has 0 bridgehead atoms. The van der Waals surface area contributed by atoms with Crippen LogP contribution in [-0.2, 0) is 4.74 Å². The van der Waals surface area contributed by atoms with Crippen molar-refractivity contribution in [3.63, 3.8) is 0 Å². The van der Waals surface area contributed by atoms with Crippen molar-refractivity contribution in [2.45, 2.75) is 16.8 Å². The number of halogens is 5. The number of thioether (sulfide) groups is 1. The van der Waals surface area contributed by atoms with E-state index in [-0.39, 0.29) is 0 Å². The third-order valence-corrected chi connectivity index (χ3v) is 2.98.